The lowest BCUT2D eigenvalue weighted by molar-refractivity contribution is -0.104. The molecule has 1 N–H and O–H groups in total. The molecule has 0 bridgehead atoms. The van der Waals surface area contributed by atoms with Gasteiger partial charge in [0.2, 0.25) is 0 Å². The van der Waals surface area contributed by atoms with Crippen LogP contribution in [0.2, 0.25) is 0 Å². The molecule has 1 aliphatic rings. The summed E-state index contributed by atoms with van der Waals surface area (Å²) in [4.78, 5) is 20.5. The normalized spacial score (nSPS) is 15.3. The number of allylic oxidation sites excluding steroid dienone is 1. The van der Waals surface area contributed by atoms with E-state index in [1.165, 1.54) is 6.08 Å². The molecule has 0 aliphatic carbocycles. The van der Waals surface area contributed by atoms with Crippen LogP contribution < -0.4 is 10.2 Å². The molecule has 1 fully saturated rings. The van der Waals surface area contributed by atoms with E-state index >= 15 is 0 Å². The van der Waals surface area contributed by atoms with E-state index in [2.05, 4.69) is 26.8 Å². The smallest absolute Gasteiger partial charge is 0.147 e. The van der Waals surface area contributed by atoms with Gasteiger partial charge in [-0.05, 0) is 30.3 Å². The monoisotopic (exact) mass is 373 g/mol. The number of piperazine rings is 1. The molecule has 138 valence electrons. The molecule has 0 amide bonds. The van der Waals surface area contributed by atoms with E-state index in [4.69, 9.17) is 4.79 Å². The van der Waals surface area contributed by atoms with Gasteiger partial charge in [0.1, 0.15) is 23.1 Å². The second-order valence-electron chi connectivity index (χ2n) is 5.37. The van der Waals surface area contributed by atoms with Crippen LogP contribution in [0.1, 0.15) is 0 Å². The highest BCUT2D eigenvalue weighted by Gasteiger charge is 2.22. The fourth-order valence-corrected chi connectivity index (χ4v) is 3.59. The lowest BCUT2D eigenvalue weighted by Crippen LogP contribution is -2.47. The summed E-state index contributed by atoms with van der Waals surface area (Å²) in [6.45, 7) is 6.21. The van der Waals surface area contributed by atoms with Gasteiger partial charge < -0.3 is 10.2 Å². The Morgan fingerprint density at radius 3 is 2.31 bits per heavy atom. The van der Waals surface area contributed by atoms with Crippen molar-refractivity contribution in [3.63, 3.8) is 0 Å². The number of aromatic nitrogens is 2. The van der Waals surface area contributed by atoms with Crippen LogP contribution in [-0.4, -0.2) is 58.0 Å². The van der Waals surface area contributed by atoms with Gasteiger partial charge in [0.15, 0.2) is 0 Å². The summed E-state index contributed by atoms with van der Waals surface area (Å²) in [7, 11) is 0.764. The Morgan fingerprint density at radius 2 is 1.81 bits per heavy atom. The molecule has 3 rings (SSSR count). The first-order chi connectivity index (χ1) is 12.7. The van der Waals surface area contributed by atoms with Gasteiger partial charge in [-0.15, -0.1) is 0 Å². The minimum atomic E-state index is -1.11. The van der Waals surface area contributed by atoms with Crippen molar-refractivity contribution in [3.8, 4) is 0 Å². The van der Waals surface area contributed by atoms with Crippen LogP contribution in [0.5, 0.6) is 0 Å². The maximum Gasteiger partial charge on any atom is 0.147 e. The number of nitrogens with zero attached hydrogens (tertiary/aromatic N) is 4. The van der Waals surface area contributed by atoms with Crippen LogP contribution >= 0.6 is 0 Å². The molecule has 7 nitrogen and oxygen atoms in total. The molecule has 1 saturated heterocycles. The first-order valence-corrected chi connectivity index (χ1v) is 9.32. The molecule has 26 heavy (non-hydrogen) atoms. The zero-order valence-electron chi connectivity index (χ0n) is 14.7. The van der Waals surface area contributed by atoms with Gasteiger partial charge >= 0.3 is 0 Å². The van der Waals surface area contributed by atoms with Crippen LogP contribution in [0.3, 0.4) is 0 Å². The summed E-state index contributed by atoms with van der Waals surface area (Å²) in [5.74, 6) is 0.881. The fraction of sp³-hybridized carbons (Fsp3) is 0.278. The van der Waals surface area contributed by atoms with Crippen molar-refractivity contribution in [2.75, 3.05) is 43.4 Å². The van der Waals surface area contributed by atoms with Crippen molar-refractivity contribution < 1.29 is 9.00 Å². The highest BCUT2D eigenvalue weighted by atomic mass is 32.2. The average molecular weight is 373 g/mol. The predicted octanol–water partition coefficient (Wildman–Crippen LogP) is 1.73. The van der Waals surface area contributed by atoms with Crippen LogP contribution in [-0.2, 0) is 15.8 Å². The van der Waals surface area contributed by atoms with Crippen molar-refractivity contribution in [2.24, 2.45) is 0 Å². The number of nitrogens with one attached hydrogen (secondary N) is 1. The van der Waals surface area contributed by atoms with Crippen molar-refractivity contribution >= 4 is 28.8 Å². The number of carbonyl (C=O) groups is 1. The van der Waals surface area contributed by atoms with Gasteiger partial charge in [0, 0.05) is 51.3 Å². The molecule has 1 aromatic carbocycles. The first kappa shape index (κ1) is 19.7. The quantitative estimate of drug-likeness (QED) is 0.635. The van der Waals surface area contributed by atoms with Gasteiger partial charge in [-0.1, -0.05) is 6.58 Å². The third kappa shape index (κ3) is 5.47. The summed E-state index contributed by atoms with van der Waals surface area (Å²) < 4.78 is 14.6. The lowest BCUT2D eigenvalue weighted by Gasteiger charge is -2.34. The van der Waals surface area contributed by atoms with Gasteiger partial charge in [0.25, 0.3) is 0 Å². The fourth-order valence-electron chi connectivity index (χ4n) is 2.42. The van der Waals surface area contributed by atoms with E-state index in [1.54, 1.807) is 18.6 Å². The van der Waals surface area contributed by atoms with Crippen LogP contribution in [0.4, 0.5) is 11.5 Å². The first-order valence-electron chi connectivity index (χ1n) is 8.21. The van der Waals surface area contributed by atoms with Crippen molar-refractivity contribution in [1.82, 2.24) is 14.3 Å². The summed E-state index contributed by atoms with van der Waals surface area (Å²) in [5, 5.41) is 3.06. The van der Waals surface area contributed by atoms with Gasteiger partial charge in [-0.25, -0.2) is 13.5 Å². The Bertz CT molecular complexity index is 710. The molecule has 2 heterocycles. The summed E-state index contributed by atoms with van der Waals surface area (Å²) in [5.41, 5.74) is 1.02. The molecule has 0 spiro atoms. The molecule has 1 aliphatic heterocycles. The maximum atomic E-state index is 12.6. The van der Waals surface area contributed by atoms with Gasteiger partial charge in [-0.2, -0.15) is 0 Å². The number of aldehydes is 1. The highest BCUT2D eigenvalue weighted by Crippen LogP contribution is 2.18. The SMILES string of the molecule is C=CC=O.CNc1ccc(S(=O)N2CCN(c3cnccn3)CC2)cc1. The van der Waals surface area contributed by atoms with Crippen molar-refractivity contribution in [2.45, 2.75) is 4.90 Å². The molecular weight excluding hydrogens is 350 g/mol. The number of hydrogen-bond acceptors (Lipinski definition) is 6. The maximum absolute atomic E-state index is 12.6. The topological polar surface area (TPSA) is 78.4 Å². The van der Waals surface area contributed by atoms with E-state index in [9.17, 15) is 4.21 Å². The van der Waals surface area contributed by atoms with Crippen molar-refractivity contribution in [3.05, 3.63) is 55.5 Å². The number of hydrogen-bond donors (Lipinski definition) is 1. The van der Waals surface area contributed by atoms with Gasteiger partial charge in [0.05, 0.1) is 11.1 Å². The third-order valence-electron chi connectivity index (χ3n) is 3.79. The summed E-state index contributed by atoms with van der Waals surface area (Å²) >= 11 is 0. The van der Waals surface area contributed by atoms with Crippen LogP contribution in [0.25, 0.3) is 0 Å². The standard InChI is InChI=1S/C15H19N5OS.C3H4O/c1-16-13-2-4-14(5-3-13)22(21)20-10-8-19(9-11-20)15-12-17-6-7-18-15;1-2-3-4/h2-7,12,16H,8-11H2,1H3;2-3H,1H2. The number of rotatable bonds is 5. The molecule has 2 aromatic rings. The molecule has 0 saturated carbocycles. The summed E-state index contributed by atoms with van der Waals surface area (Å²) in [6, 6.07) is 7.72. The molecule has 8 heteroatoms. The van der Waals surface area contributed by atoms with Crippen LogP contribution in [0.15, 0.2) is 60.4 Å². The Labute approximate surface area is 156 Å². The second-order valence-corrected chi connectivity index (χ2v) is 6.86. The van der Waals surface area contributed by atoms with Crippen LogP contribution in [0, 0.1) is 0 Å². The average Bonchev–Trinajstić information content (AvgIpc) is 2.74. The summed E-state index contributed by atoms with van der Waals surface area (Å²) in [6.07, 6.45) is 6.97. The van der Waals surface area contributed by atoms with Crippen molar-refractivity contribution in [1.29, 1.82) is 0 Å². The van der Waals surface area contributed by atoms with E-state index < -0.39 is 11.0 Å². The Morgan fingerprint density at radius 1 is 1.15 bits per heavy atom. The number of anilines is 2. The Balaban J connectivity index is 0.000000552. The highest BCUT2D eigenvalue weighted by molar-refractivity contribution is 7.82. The minimum Gasteiger partial charge on any atom is -0.388 e. The molecule has 0 radical (unpaired) electrons. The molecule has 1 unspecified atom stereocenters. The van der Waals surface area contributed by atoms with E-state index in [1.807, 2.05) is 35.6 Å². The molecule has 1 aromatic heterocycles. The minimum absolute atomic E-state index is 0.639. The van der Waals surface area contributed by atoms with E-state index in [0.29, 0.717) is 6.29 Å². The molecular formula is C18H23N5O2S. The number of benzene rings is 1. The largest absolute Gasteiger partial charge is 0.388 e. The Kier molecular flexibility index (Phi) is 7.91. The van der Waals surface area contributed by atoms with E-state index in [-0.39, 0.29) is 0 Å². The zero-order chi connectivity index (χ0) is 18.8. The lowest BCUT2D eigenvalue weighted by atomic mass is 10.3. The third-order valence-corrected chi connectivity index (χ3v) is 5.30. The zero-order valence-corrected chi connectivity index (χ0v) is 15.6. The predicted molar refractivity (Wildman–Crippen MR) is 104 cm³/mol. The van der Waals surface area contributed by atoms with E-state index in [0.717, 1.165) is 42.6 Å². The second kappa shape index (κ2) is 10.4. The Hall–Kier alpha value is -2.58. The van der Waals surface area contributed by atoms with Gasteiger partial charge in [-0.3, -0.25) is 9.78 Å². The number of carbonyl (C=O) groups excluding carboxylic acids is 1. The molecule has 1 atom stereocenters.